The van der Waals surface area contributed by atoms with Crippen molar-refractivity contribution in [3.63, 3.8) is 0 Å². The van der Waals surface area contributed by atoms with Crippen LogP contribution in [0, 0.1) is 0 Å². The summed E-state index contributed by atoms with van der Waals surface area (Å²) in [5.41, 5.74) is 1.14. The molecule has 0 spiro atoms. The third kappa shape index (κ3) is 5.19. The van der Waals surface area contributed by atoms with Gasteiger partial charge in [0.2, 0.25) is 0 Å². The Hall–Kier alpha value is -2.08. The van der Waals surface area contributed by atoms with E-state index in [1.54, 1.807) is 12.1 Å². The Morgan fingerprint density at radius 2 is 2.16 bits per heavy atom. The molecule has 0 unspecified atom stereocenters. The molecule has 1 saturated heterocycles. The van der Waals surface area contributed by atoms with Crippen molar-refractivity contribution in [1.29, 1.82) is 0 Å². The lowest BCUT2D eigenvalue weighted by atomic mass is 9.95. The minimum absolute atomic E-state index is 0.00849. The number of nitrogens with one attached hydrogen (secondary N) is 3. The fourth-order valence-corrected chi connectivity index (χ4v) is 2.72. The van der Waals surface area contributed by atoms with Crippen molar-refractivity contribution in [3.8, 4) is 0 Å². The van der Waals surface area contributed by atoms with E-state index in [0.717, 1.165) is 18.4 Å². The van der Waals surface area contributed by atoms with Gasteiger partial charge in [0.1, 0.15) is 0 Å². The zero-order valence-corrected chi connectivity index (χ0v) is 15.5. The van der Waals surface area contributed by atoms with Crippen LogP contribution in [0.5, 0.6) is 0 Å². The molecule has 0 bridgehead atoms. The van der Waals surface area contributed by atoms with E-state index in [-0.39, 0.29) is 29.6 Å². The number of hydrogen-bond donors (Lipinski definition) is 3. The van der Waals surface area contributed by atoms with E-state index in [9.17, 15) is 9.59 Å². The van der Waals surface area contributed by atoms with E-state index in [1.165, 1.54) is 0 Å². The Bertz CT molecular complexity index is 620. The molecular formula is C19H29N3O3. The maximum atomic E-state index is 12.2. The van der Waals surface area contributed by atoms with Crippen molar-refractivity contribution < 1.29 is 14.3 Å². The van der Waals surface area contributed by atoms with Crippen molar-refractivity contribution in [3.05, 3.63) is 35.4 Å². The topological polar surface area (TPSA) is 79.5 Å². The summed E-state index contributed by atoms with van der Waals surface area (Å²) in [4.78, 5) is 24.4. The first-order valence-corrected chi connectivity index (χ1v) is 8.91. The molecule has 3 atom stereocenters. The maximum absolute atomic E-state index is 12.2. The van der Waals surface area contributed by atoms with Crippen LogP contribution in [-0.2, 0) is 11.3 Å². The Balaban J connectivity index is 1.89. The van der Waals surface area contributed by atoms with Crippen LogP contribution < -0.4 is 16.0 Å². The molecular weight excluding hydrogens is 318 g/mol. The average molecular weight is 347 g/mol. The van der Waals surface area contributed by atoms with Gasteiger partial charge >= 0.3 is 6.03 Å². The predicted molar refractivity (Wildman–Crippen MR) is 97.5 cm³/mol. The van der Waals surface area contributed by atoms with Gasteiger partial charge in [-0.1, -0.05) is 19.1 Å². The molecule has 1 aromatic rings. The molecule has 6 nitrogen and oxygen atoms in total. The van der Waals surface area contributed by atoms with Gasteiger partial charge in [-0.3, -0.25) is 4.79 Å². The van der Waals surface area contributed by atoms with E-state index in [4.69, 9.17) is 4.74 Å². The summed E-state index contributed by atoms with van der Waals surface area (Å²) in [7, 11) is 0. The highest BCUT2D eigenvalue weighted by Gasteiger charge is 2.38. The molecule has 0 radical (unpaired) electrons. The van der Waals surface area contributed by atoms with Gasteiger partial charge in [-0.2, -0.15) is 0 Å². The number of urea groups is 1. The monoisotopic (exact) mass is 347 g/mol. The first kappa shape index (κ1) is 19.2. The number of amides is 3. The number of benzene rings is 1. The molecule has 0 aliphatic carbocycles. The van der Waals surface area contributed by atoms with Gasteiger partial charge in [0.15, 0.2) is 0 Å². The molecule has 1 aliphatic heterocycles. The number of carbonyl (C=O) groups is 2. The fraction of sp³-hybridized carbons (Fsp3) is 0.579. The van der Waals surface area contributed by atoms with Gasteiger partial charge in [-0.05, 0) is 51.3 Å². The van der Waals surface area contributed by atoms with E-state index in [0.29, 0.717) is 18.7 Å². The Morgan fingerprint density at radius 3 is 2.80 bits per heavy atom. The number of hydrogen-bond acceptors (Lipinski definition) is 3. The molecule has 3 N–H and O–H groups in total. The van der Waals surface area contributed by atoms with E-state index in [2.05, 4.69) is 16.0 Å². The normalized spacial score (nSPS) is 23.8. The highest BCUT2D eigenvalue weighted by Crippen LogP contribution is 2.24. The van der Waals surface area contributed by atoms with Crippen LogP contribution in [0.15, 0.2) is 24.3 Å². The molecule has 1 aromatic carbocycles. The highest BCUT2D eigenvalue weighted by atomic mass is 16.5. The zero-order chi connectivity index (χ0) is 18.4. The fourth-order valence-electron chi connectivity index (χ4n) is 2.72. The molecule has 3 amide bonds. The quantitative estimate of drug-likeness (QED) is 0.740. The Labute approximate surface area is 149 Å². The van der Waals surface area contributed by atoms with Crippen LogP contribution in [0.25, 0.3) is 0 Å². The number of rotatable bonds is 6. The lowest BCUT2D eigenvalue weighted by Gasteiger charge is -2.28. The lowest BCUT2D eigenvalue weighted by Crippen LogP contribution is -2.53. The first-order valence-electron chi connectivity index (χ1n) is 8.91. The van der Waals surface area contributed by atoms with Crippen LogP contribution in [0.3, 0.4) is 0 Å². The molecule has 1 aliphatic rings. The average Bonchev–Trinajstić information content (AvgIpc) is 2.91. The van der Waals surface area contributed by atoms with Crippen LogP contribution in [-0.4, -0.2) is 36.2 Å². The smallest absolute Gasteiger partial charge is 0.315 e. The van der Waals surface area contributed by atoms with Crippen molar-refractivity contribution in [2.75, 3.05) is 6.61 Å². The summed E-state index contributed by atoms with van der Waals surface area (Å²) in [6, 6.07) is 7.21. The van der Waals surface area contributed by atoms with Crippen LogP contribution in [0.1, 0.15) is 56.5 Å². The van der Waals surface area contributed by atoms with Gasteiger partial charge in [0, 0.05) is 24.8 Å². The SMILES string of the molecule is CC[C@H](C)NC(=O)c1cccc(CNC(=O)N[C@]2(C)CCO[C@H]2C)c1. The molecule has 138 valence electrons. The molecule has 1 fully saturated rings. The lowest BCUT2D eigenvalue weighted by molar-refractivity contribution is 0.0911. The van der Waals surface area contributed by atoms with Gasteiger partial charge < -0.3 is 20.7 Å². The molecule has 0 aromatic heterocycles. The van der Waals surface area contributed by atoms with Gasteiger partial charge in [-0.25, -0.2) is 4.79 Å². The van der Waals surface area contributed by atoms with Crippen molar-refractivity contribution >= 4 is 11.9 Å². The molecule has 2 rings (SSSR count). The van der Waals surface area contributed by atoms with E-state index in [1.807, 2.05) is 39.8 Å². The predicted octanol–water partition coefficient (Wildman–Crippen LogP) is 2.58. The van der Waals surface area contributed by atoms with Gasteiger partial charge in [0.25, 0.3) is 5.91 Å². The zero-order valence-electron chi connectivity index (χ0n) is 15.5. The molecule has 0 saturated carbocycles. The maximum Gasteiger partial charge on any atom is 0.315 e. The van der Waals surface area contributed by atoms with Crippen LogP contribution >= 0.6 is 0 Å². The summed E-state index contributed by atoms with van der Waals surface area (Å²) in [6.45, 7) is 8.98. The second-order valence-electron chi connectivity index (χ2n) is 6.97. The van der Waals surface area contributed by atoms with E-state index >= 15 is 0 Å². The van der Waals surface area contributed by atoms with Crippen molar-refractivity contribution in [2.24, 2.45) is 0 Å². The second kappa shape index (κ2) is 8.34. The van der Waals surface area contributed by atoms with Crippen LogP contribution in [0.4, 0.5) is 4.79 Å². The number of ether oxygens (including phenoxy) is 1. The molecule has 1 heterocycles. The summed E-state index contributed by atoms with van der Waals surface area (Å²) in [5, 5.41) is 8.79. The minimum Gasteiger partial charge on any atom is -0.376 e. The summed E-state index contributed by atoms with van der Waals surface area (Å²) in [5.74, 6) is -0.0925. The van der Waals surface area contributed by atoms with E-state index < -0.39 is 0 Å². The third-order valence-electron chi connectivity index (χ3n) is 4.92. The van der Waals surface area contributed by atoms with Gasteiger partial charge in [0.05, 0.1) is 11.6 Å². The number of carbonyl (C=O) groups excluding carboxylic acids is 2. The summed E-state index contributed by atoms with van der Waals surface area (Å²) in [6.07, 6.45) is 1.67. The minimum atomic E-state index is -0.345. The molecule has 25 heavy (non-hydrogen) atoms. The standard InChI is InChI=1S/C19H29N3O3/c1-5-13(2)21-17(23)16-8-6-7-15(11-16)12-20-18(24)22-19(4)9-10-25-14(19)3/h6-8,11,13-14H,5,9-10,12H2,1-4H3,(H,21,23)(H2,20,22,24)/t13-,14-,19+/m0/s1. The molecule has 6 heteroatoms. The van der Waals surface area contributed by atoms with Crippen molar-refractivity contribution in [1.82, 2.24) is 16.0 Å². The summed E-state index contributed by atoms with van der Waals surface area (Å²) >= 11 is 0. The highest BCUT2D eigenvalue weighted by molar-refractivity contribution is 5.94. The second-order valence-corrected chi connectivity index (χ2v) is 6.97. The third-order valence-corrected chi connectivity index (χ3v) is 4.92. The van der Waals surface area contributed by atoms with Gasteiger partial charge in [-0.15, -0.1) is 0 Å². The Kier molecular flexibility index (Phi) is 6.42. The Morgan fingerprint density at radius 1 is 1.40 bits per heavy atom. The summed E-state index contributed by atoms with van der Waals surface area (Å²) < 4.78 is 5.53. The van der Waals surface area contributed by atoms with Crippen LogP contribution in [0.2, 0.25) is 0 Å². The largest absolute Gasteiger partial charge is 0.376 e. The first-order chi connectivity index (χ1) is 11.8. The van der Waals surface area contributed by atoms with Crippen molar-refractivity contribution in [2.45, 2.75) is 64.8 Å².